The first-order valence-corrected chi connectivity index (χ1v) is 8.42. The van der Waals surface area contributed by atoms with Gasteiger partial charge in [0.2, 0.25) is 11.8 Å². The average Bonchev–Trinajstić information content (AvgIpc) is 3.07. The molecule has 130 valence electrons. The number of hydrogen-bond acceptors (Lipinski definition) is 4. The second-order valence-corrected chi connectivity index (χ2v) is 6.50. The Morgan fingerprint density at radius 3 is 2.62 bits per heavy atom. The van der Waals surface area contributed by atoms with Crippen LogP contribution in [0.4, 0.5) is 0 Å². The van der Waals surface area contributed by atoms with Crippen LogP contribution in [0.25, 0.3) is 0 Å². The third-order valence-electron chi connectivity index (χ3n) is 5.07. The predicted molar refractivity (Wildman–Crippen MR) is 88.9 cm³/mol. The fourth-order valence-corrected chi connectivity index (χ4v) is 3.46. The molecule has 0 aromatic heterocycles. The maximum absolute atomic E-state index is 12.3. The zero-order valence-electron chi connectivity index (χ0n) is 14.0. The highest BCUT2D eigenvalue weighted by Crippen LogP contribution is 2.35. The van der Waals surface area contributed by atoms with Crippen molar-refractivity contribution in [3.05, 3.63) is 29.8 Å². The van der Waals surface area contributed by atoms with Gasteiger partial charge in [0.25, 0.3) is 0 Å². The van der Waals surface area contributed by atoms with Crippen LogP contribution in [0.2, 0.25) is 0 Å². The second-order valence-electron chi connectivity index (χ2n) is 6.50. The molecule has 0 radical (unpaired) electrons. The van der Waals surface area contributed by atoms with E-state index in [-0.39, 0.29) is 17.2 Å². The van der Waals surface area contributed by atoms with Gasteiger partial charge in [0, 0.05) is 31.6 Å². The summed E-state index contributed by atoms with van der Waals surface area (Å²) in [6.45, 7) is 1.91. The summed E-state index contributed by atoms with van der Waals surface area (Å²) in [6, 6.07) is 7.63. The van der Waals surface area contributed by atoms with E-state index in [1.807, 2.05) is 12.1 Å². The van der Waals surface area contributed by atoms with Gasteiger partial charge in [0.1, 0.15) is 11.8 Å². The number of ether oxygens (including phenoxy) is 2. The van der Waals surface area contributed by atoms with Gasteiger partial charge in [-0.15, -0.1) is 0 Å². The molecule has 6 nitrogen and oxygen atoms in total. The lowest BCUT2D eigenvalue weighted by molar-refractivity contribution is -0.126. The van der Waals surface area contributed by atoms with Gasteiger partial charge in [0.15, 0.2) is 0 Å². The number of nitrogens with one attached hydrogen (secondary N) is 2. The average molecular weight is 332 g/mol. The van der Waals surface area contributed by atoms with Crippen LogP contribution in [-0.2, 0) is 19.7 Å². The molecule has 1 aromatic rings. The number of hydrogen-bond donors (Lipinski definition) is 2. The van der Waals surface area contributed by atoms with Gasteiger partial charge < -0.3 is 20.1 Å². The van der Waals surface area contributed by atoms with Crippen molar-refractivity contribution < 1.29 is 19.1 Å². The van der Waals surface area contributed by atoms with Crippen LogP contribution in [0, 0.1) is 0 Å². The zero-order valence-corrected chi connectivity index (χ0v) is 14.0. The maximum Gasteiger partial charge on any atom is 0.242 e. The van der Waals surface area contributed by atoms with E-state index < -0.39 is 6.04 Å². The Morgan fingerprint density at radius 2 is 2.04 bits per heavy atom. The number of rotatable bonds is 5. The van der Waals surface area contributed by atoms with E-state index in [4.69, 9.17) is 9.47 Å². The first kappa shape index (κ1) is 16.8. The van der Waals surface area contributed by atoms with Crippen LogP contribution in [0.5, 0.6) is 5.75 Å². The minimum absolute atomic E-state index is 0.0499. The van der Waals surface area contributed by atoms with Crippen molar-refractivity contribution in [1.82, 2.24) is 10.6 Å². The third-order valence-corrected chi connectivity index (χ3v) is 5.07. The second kappa shape index (κ2) is 7.21. The minimum atomic E-state index is -0.398. The zero-order chi connectivity index (χ0) is 17.0. The summed E-state index contributed by atoms with van der Waals surface area (Å²) in [5.41, 5.74) is 1.05. The summed E-state index contributed by atoms with van der Waals surface area (Å²) < 4.78 is 10.7. The van der Waals surface area contributed by atoms with Crippen molar-refractivity contribution in [3.63, 3.8) is 0 Å². The molecule has 2 aliphatic heterocycles. The lowest BCUT2D eigenvalue weighted by Crippen LogP contribution is -2.49. The highest BCUT2D eigenvalue weighted by molar-refractivity contribution is 5.90. The lowest BCUT2D eigenvalue weighted by atomic mass is 9.74. The normalized spacial score (nSPS) is 22.7. The largest absolute Gasteiger partial charge is 0.497 e. The van der Waals surface area contributed by atoms with Gasteiger partial charge >= 0.3 is 0 Å². The van der Waals surface area contributed by atoms with E-state index in [1.165, 1.54) is 5.56 Å². The van der Waals surface area contributed by atoms with E-state index in [2.05, 4.69) is 22.8 Å². The molecule has 1 atom stereocenters. The summed E-state index contributed by atoms with van der Waals surface area (Å²) in [7, 11) is 1.65. The van der Waals surface area contributed by atoms with Crippen molar-refractivity contribution in [2.75, 3.05) is 26.9 Å². The Morgan fingerprint density at radius 1 is 1.33 bits per heavy atom. The minimum Gasteiger partial charge on any atom is -0.497 e. The van der Waals surface area contributed by atoms with Crippen molar-refractivity contribution in [2.24, 2.45) is 0 Å². The molecule has 0 saturated carbocycles. The molecule has 0 bridgehead atoms. The van der Waals surface area contributed by atoms with Crippen LogP contribution in [0.15, 0.2) is 24.3 Å². The molecule has 3 rings (SSSR count). The highest BCUT2D eigenvalue weighted by atomic mass is 16.5. The van der Waals surface area contributed by atoms with Crippen molar-refractivity contribution in [3.8, 4) is 5.75 Å². The van der Waals surface area contributed by atoms with Gasteiger partial charge in [-0.25, -0.2) is 0 Å². The molecule has 6 heteroatoms. The molecule has 2 saturated heterocycles. The first-order chi connectivity index (χ1) is 11.6. The number of benzene rings is 1. The Bertz CT molecular complexity index is 594. The Hall–Kier alpha value is -2.08. The molecule has 2 heterocycles. The Kier molecular flexibility index (Phi) is 5.04. The molecule has 24 heavy (non-hydrogen) atoms. The van der Waals surface area contributed by atoms with Crippen molar-refractivity contribution in [2.45, 2.75) is 37.1 Å². The molecular weight excluding hydrogens is 308 g/mol. The number of carbonyl (C=O) groups is 2. The van der Waals surface area contributed by atoms with E-state index in [9.17, 15) is 9.59 Å². The van der Waals surface area contributed by atoms with Crippen LogP contribution in [0.1, 0.15) is 31.2 Å². The van der Waals surface area contributed by atoms with Crippen LogP contribution in [0.3, 0.4) is 0 Å². The van der Waals surface area contributed by atoms with E-state index in [0.717, 1.165) is 18.6 Å². The lowest BCUT2D eigenvalue weighted by Gasteiger charge is -2.38. The number of methoxy groups -OCH3 is 1. The van der Waals surface area contributed by atoms with Gasteiger partial charge in [-0.2, -0.15) is 0 Å². The standard InChI is InChI=1S/C18H24N2O4/c1-23-14-4-2-13(3-5-14)18(8-10-24-11-9-18)12-19-17(22)15-6-7-16(21)20-15/h2-5,15H,6-12H2,1H3,(H,19,22)(H,20,21). The van der Waals surface area contributed by atoms with E-state index >= 15 is 0 Å². The third kappa shape index (κ3) is 3.53. The number of amides is 2. The SMILES string of the molecule is COc1ccc(C2(CNC(=O)C3CCC(=O)N3)CCOCC2)cc1. The van der Waals surface area contributed by atoms with Gasteiger partial charge in [-0.05, 0) is 37.0 Å². The number of carbonyl (C=O) groups excluding carboxylic acids is 2. The summed E-state index contributed by atoms with van der Waals surface area (Å²) in [6.07, 6.45) is 2.71. The molecule has 2 N–H and O–H groups in total. The van der Waals surface area contributed by atoms with Gasteiger partial charge in [-0.1, -0.05) is 12.1 Å². The van der Waals surface area contributed by atoms with Crippen molar-refractivity contribution in [1.29, 1.82) is 0 Å². The summed E-state index contributed by atoms with van der Waals surface area (Å²) in [4.78, 5) is 23.6. The molecule has 1 unspecified atom stereocenters. The molecule has 2 fully saturated rings. The molecular formula is C18H24N2O4. The van der Waals surface area contributed by atoms with Gasteiger partial charge in [0.05, 0.1) is 7.11 Å². The monoisotopic (exact) mass is 332 g/mol. The smallest absolute Gasteiger partial charge is 0.242 e. The van der Waals surface area contributed by atoms with Crippen LogP contribution < -0.4 is 15.4 Å². The molecule has 2 amide bonds. The van der Waals surface area contributed by atoms with Crippen molar-refractivity contribution >= 4 is 11.8 Å². The predicted octanol–water partition coefficient (Wildman–Crippen LogP) is 1.14. The summed E-state index contributed by atoms with van der Waals surface area (Å²) >= 11 is 0. The van der Waals surface area contributed by atoms with E-state index in [0.29, 0.717) is 32.6 Å². The molecule has 2 aliphatic rings. The first-order valence-electron chi connectivity index (χ1n) is 8.42. The topological polar surface area (TPSA) is 76.7 Å². The van der Waals surface area contributed by atoms with Crippen LogP contribution >= 0.6 is 0 Å². The highest BCUT2D eigenvalue weighted by Gasteiger charge is 2.36. The molecule has 0 aliphatic carbocycles. The Labute approximate surface area is 141 Å². The maximum atomic E-state index is 12.3. The summed E-state index contributed by atoms with van der Waals surface area (Å²) in [5, 5.41) is 5.76. The van der Waals surface area contributed by atoms with Gasteiger partial charge in [-0.3, -0.25) is 9.59 Å². The fourth-order valence-electron chi connectivity index (χ4n) is 3.46. The Balaban J connectivity index is 1.71. The summed E-state index contributed by atoms with van der Waals surface area (Å²) in [5.74, 6) is 0.671. The van der Waals surface area contributed by atoms with E-state index in [1.54, 1.807) is 7.11 Å². The molecule has 0 spiro atoms. The van der Waals surface area contributed by atoms with Crippen LogP contribution in [-0.4, -0.2) is 44.7 Å². The fraction of sp³-hybridized carbons (Fsp3) is 0.556. The quantitative estimate of drug-likeness (QED) is 0.848. The molecule has 1 aromatic carbocycles.